The predicted octanol–water partition coefficient (Wildman–Crippen LogP) is 3.81. The lowest BCUT2D eigenvalue weighted by atomic mass is 9.82. The third kappa shape index (κ3) is 6.28. The number of sulfonamides is 1. The summed E-state index contributed by atoms with van der Waals surface area (Å²) in [6.45, 7) is -0.304. The molecule has 6 nitrogen and oxygen atoms in total. The van der Waals surface area contributed by atoms with Crippen molar-refractivity contribution in [2.45, 2.75) is 49.7 Å². The maximum absolute atomic E-state index is 15.1. The first-order chi connectivity index (χ1) is 15.7. The van der Waals surface area contributed by atoms with E-state index in [4.69, 9.17) is 4.74 Å². The van der Waals surface area contributed by atoms with Gasteiger partial charge in [-0.3, -0.25) is 0 Å². The van der Waals surface area contributed by atoms with Crippen LogP contribution in [0.25, 0.3) is 0 Å². The number of anilines is 1. The third-order valence-electron chi connectivity index (χ3n) is 6.59. The Kier molecular flexibility index (Phi) is 7.31. The molecule has 1 saturated heterocycles. The molecule has 2 aliphatic rings. The van der Waals surface area contributed by atoms with Crippen molar-refractivity contribution < 1.29 is 21.9 Å². The number of hydrogen-bond donors (Lipinski definition) is 1. The number of halogens is 2. The Hall–Kier alpha value is -2.10. The third-order valence-corrected chi connectivity index (χ3v) is 7.27. The first-order valence-electron chi connectivity index (χ1n) is 11.4. The lowest BCUT2D eigenvalue weighted by Crippen LogP contribution is -2.64. The van der Waals surface area contributed by atoms with Gasteiger partial charge in [-0.15, -0.1) is 0 Å². The van der Waals surface area contributed by atoms with Crippen LogP contribution in [0.5, 0.6) is 0 Å². The van der Waals surface area contributed by atoms with Crippen molar-refractivity contribution >= 4 is 15.8 Å². The number of pyridine rings is 1. The highest BCUT2D eigenvalue weighted by Gasteiger charge is 2.51. The van der Waals surface area contributed by atoms with Crippen LogP contribution in [-0.4, -0.2) is 57.4 Å². The summed E-state index contributed by atoms with van der Waals surface area (Å²) in [5.41, 5.74) is 1.33. The average Bonchev–Trinajstić information content (AvgIpc) is 2.80. The van der Waals surface area contributed by atoms with Gasteiger partial charge in [0.15, 0.2) is 0 Å². The molecule has 1 saturated carbocycles. The Morgan fingerprint density at radius 3 is 2.42 bits per heavy atom. The van der Waals surface area contributed by atoms with E-state index in [1.807, 2.05) is 18.2 Å². The Morgan fingerprint density at radius 1 is 1.09 bits per heavy atom. The summed E-state index contributed by atoms with van der Waals surface area (Å²) in [7, 11) is -3.81. The van der Waals surface area contributed by atoms with Crippen LogP contribution in [-0.2, 0) is 14.8 Å². The molecule has 4 rings (SSSR count). The van der Waals surface area contributed by atoms with Gasteiger partial charge in [-0.1, -0.05) is 36.4 Å². The van der Waals surface area contributed by atoms with Crippen molar-refractivity contribution in [2.24, 2.45) is 5.92 Å². The van der Waals surface area contributed by atoms with E-state index in [1.165, 1.54) is 10.5 Å². The second-order valence-corrected chi connectivity index (χ2v) is 11.0. The Bertz CT molecular complexity index is 1000. The van der Waals surface area contributed by atoms with Crippen LogP contribution in [0.3, 0.4) is 0 Å². The van der Waals surface area contributed by atoms with E-state index >= 15 is 8.78 Å². The molecule has 9 heteroatoms. The summed E-state index contributed by atoms with van der Waals surface area (Å²) < 4.78 is 62.3. The fraction of sp³-hybridized carbons (Fsp3) is 0.542. The Balaban J connectivity index is 1.42. The molecular weight excluding hydrogens is 448 g/mol. The van der Waals surface area contributed by atoms with Crippen LogP contribution in [0.2, 0.25) is 0 Å². The lowest BCUT2D eigenvalue weighted by molar-refractivity contribution is -0.0811. The summed E-state index contributed by atoms with van der Waals surface area (Å²) >= 11 is 0. The number of nitrogens with one attached hydrogen (secondary N) is 1. The van der Waals surface area contributed by atoms with Gasteiger partial charge in [0.1, 0.15) is 5.82 Å². The van der Waals surface area contributed by atoms with Gasteiger partial charge >= 0.3 is 0 Å². The smallest absolute Gasteiger partial charge is 0.281 e. The predicted molar refractivity (Wildman–Crippen MR) is 124 cm³/mol. The van der Waals surface area contributed by atoms with Gasteiger partial charge in [0.05, 0.1) is 31.6 Å². The SMILES string of the molecule is CS(=O)(=O)N[C@@H]1[C@H](CO[C@H]2CC[C@@H](c3ccccc3)CC2)CN(c2ccccn2)CC1(F)F. The minimum atomic E-state index is -3.81. The maximum atomic E-state index is 15.1. The molecule has 2 heterocycles. The standard InChI is InChI=1S/C24H31F2N3O3S/c1-33(30,31)28-23-20(15-29(17-24(23,25)26)22-9-5-6-14-27-22)16-32-21-12-10-19(11-13-21)18-7-3-2-4-8-18/h2-9,14,19-21,23,28H,10-13,15-17H2,1H3/t19-,20-,21+,23+/m0/s1. The molecule has 1 aromatic carbocycles. The van der Waals surface area contributed by atoms with Crippen LogP contribution in [0.1, 0.15) is 37.2 Å². The van der Waals surface area contributed by atoms with E-state index in [2.05, 4.69) is 21.8 Å². The van der Waals surface area contributed by atoms with E-state index < -0.39 is 34.5 Å². The summed E-state index contributed by atoms with van der Waals surface area (Å²) in [5.74, 6) is -3.04. The van der Waals surface area contributed by atoms with Crippen molar-refractivity contribution in [3.8, 4) is 0 Å². The number of benzene rings is 1. The zero-order valence-electron chi connectivity index (χ0n) is 18.7. The zero-order valence-corrected chi connectivity index (χ0v) is 19.6. The van der Waals surface area contributed by atoms with Gasteiger partial charge in [-0.2, -0.15) is 0 Å². The monoisotopic (exact) mass is 479 g/mol. The molecule has 33 heavy (non-hydrogen) atoms. The van der Waals surface area contributed by atoms with E-state index in [0.717, 1.165) is 31.9 Å². The molecule has 2 atom stereocenters. The minimum Gasteiger partial charge on any atom is -0.378 e. The number of piperidine rings is 1. The molecule has 1 aromatic heterocycles. The lowest BCUT2D eigenvalue weighted by Gasteiger charge is -2.44. The minimum absolute atomic E-state index is 0.0114. The average molecular weight is 480 g/mol. The van der Waals surface area contributed by atoms with Crippen molar-refractivity contribution in [3.05, 3.63) is 60.3 Å². The summed E-state index contributed by atoms with van der Waals surface area (Å²) in [6, 6.07) is 14.0. The highest BCUT2D eigenvalue weighted by atomic mass is 32.2. The first-order valence-corrected chi connectivity index (χ1v) is 13.3. The van der Waals surface area contributed by atoms with Crippen LogP contribution in [0, 0.1) is 5.92 Å². The molecule has 2 fully saturated rings. The van der Waals surface area contributed by atoms with Crippen LogP contribution in [0.4, 0.5) is 14.6 Å². The molecule has 2 aromatic rings. The van der Waals surface area contributed by atoms with Crippen molar-refractivity contribution in [2.75, 3.05) is 30.9 Å². The normalized spacial score (nSPS) is 27.9. The molecule has 0 amide bonds. The van der Waals surface area contributed by atoms with E-state index in [-0.39, 0.29) is 19.3 Å². The van der Waals surface area contributed by atoms with Gasteiger partial charge < -0.3 is 9.64 Å². The fourth-order valence-electron chi connectivity index (χ4n) is 4.98. The summed E-state index contributed by atoms with van der Waals surface area (Å²) in [4.78, 5) is 5.72. The number of alkyl halides is 2. The number of aromatic nitrogens is 1. The largest absolute Gasteiger partial charge is 0.378 e. The molecule has 0 bridgehead atoms. The van der Waals surface area contributed by atoms with E-state index in [9.17, 15) is 8.42 Å². The molecular formula is C24H31F2N3O3S. The van der Waals surface area contributed by atoms with Gasteiger partial charge in [0.25, 0.3) is 5.92 Å². The number of rotatable bonds is 7. The van der Waals surface area contributed by atoms with Gasteiger partial charge in [0, 0.05) is 18.7 Å². The highest BCUT2D eigenvalue weighted by Crippen LogP contribution is 2.36. The van der Waals surface area contributed by atoms with Gasteiger partial charge in [-0.05, 0) is 49.3 Å². The van der Waals surface area contributed by atoms with Crippen LogP contribution < -0.4 is 9.62 Å². The topological polar surface area (TPSA) is 71.5 Å². The summed E-state index contributed by atoms with van der Waals surface area (Å²) in [5, 5.41) is 0. The first kappa shape index (κ1) is 24.0. The quantitative estimate of drug-likeness (QED) is 0.654. The molecule has 1 aliphatic carbocycles. The Morgan fingerprint density at radius 2 is 1.79 bits per heavy atom. The summed E-state index contributed by atoms with van der Waals surface area (Å²) in [6.07, 6.45) is 6.15. The van der Waals surface area contributed by atoms with Crippen molar-refractivity contribution in [3.63, 3.8) is 0 Å². The van der Waals surface area contributed by atoms with E-state index in [0.29, 0.717) is 11.7 Å². The molecule has 0 spiro atoms. The van der Waals surface area contributed by atoms with Gasteiger partial charge in [0.2, 0.25) is 10.0 Å². The number of ether oxygens (including phenoxy) is 1. The number of nitrogens with zero attached hydrogens (tertiary/aromatic N) is 2. The van der Waals surface area contributed by atoms with Crippen molar-refractivity contribution in [1.82, 2.24) is 9.71 Å². The molecule has 0 radical (unpaired) electrons. The number of hydrogen-bond acceptors (Lipinski definition) is 5. The Labute approximate surface area is 194 Å². The van der Waals surface area contributed by atoms with Crippen molar-refractivity contribution in [1.29, 1.82) is 0 Å². The van der Waals surface area contributed by atoms with E-state index in [1.54, 1.807) is 24.4 Å². The molecule has 1 N–H and O–H groups in total. The zero-order chi connectivity index (χ0) is 23.5. The maximum Gasteiger partial charge on any atom is 0.281 e. The highest BCUT2D eigenvalue weighted by molar-refractivity contribution is 7.88. The second-order valence-electron chi connectivity index (χ2n) is 9.17. The molecule has 1 aliphatic heterocycles. The molecule has 180 valence electrons. The van der Waals surface area contributed by atoms with Crippen LogP contribution >= 0.6 is 0 Å². The van der Waals surface area contributed by atoms with Gasteiger partial charge in [-0.25, -0.2) is 26.9 Å². The second kappa shape index (κ2) is 10.0. The molecule has 0 unspecified atom stereocenters. The fourth-order valence-corrected chi connectivity index (χ4v) is 5.80. The van der Waals surface area contributed by atoms with Crippen LogP contribution in [0.15, 0.2) is 54.7 Å².